The van der Waals surface area contributed by atoms with E-state index in [1.165, 1.54) is 0 Å². The van der Waals surface area contributed by atoms with Crippen molar-refractivity contribution >= 4 is 17.6 Å². The van der Waals surface area contributed by atoms with Gasteiger partial charge >= 0.3 is 5.97 Å². The predicted molar refractivity (Wildman–Crippen MR) is 159 cm³/mol. The molecule has 9 nitrogen and oxygen atoms in total. The molecule has 42 heavy (non-hydrogen) atoms. The van der Waals surface area contributed by atoms with Crippen molar-refractivity contribution < 1.29 is 28.9 Å². The second kappa shape index (κ2) is 13.7. The fraction of sp³-hybridized carbons (Fsp3) is 0.424. The van der Waals surface area contributed by atoms with Crippen LogP contribution in [0.4, 0.5) is 5.69 Å². The Labute approximate surface area is 247 Å². The molecule has 3 heterocycles. The third-order valence-corrected chi connectivity index (χ3v) is 8.33. The van der Waals surface area contributed by atoms with E-state index in [4.69, 9.17) is 14.2 Å². The van der Waals surface area contributed by atoms with Gasteiger partial charge in [0.25, 0.3) is 0 Å². The molecule has 3 unspecified atom stereocenters. The molecule has 1 amide bonds. The third-order valence-electron chi connectivity index (χ3n) is 8.33. The fourth-order valence-electron chi connectivity index (χ4n) is 6.23. The lowest BCUT2D eigenvalue weighted by molar-refractivity contribution is -0.143. The summed E-state index contributed by atoms with van der Waals surface area (Å²) in [6.45, 7) is 3.41. The summed E-state index contributed by atoms with van der Waals surface area (Å²) in [4.78, 5) is 34.8. The molecular formula is C33H39N3O6. The number of nitrogens with zero attached hydrogens (tertiary/aromatic N) is 3. The van der Waals surface area contributed by atoms with Gasteiger partial charge in [0.05, 0.1) is 31.5 Å². The Morgan fingerprint density at radius 3 is 2.69 bits per heavy atom. The summed E-state index contributed by atoms with van der Waals surface area (Å²) in [7, 11) is 1.66. The molecule has 5 rings (SSSR count). The van der Waals surface area contributed by atoms with Gasteiger partial charge in [-0.25, -0.2) is 0 Å². The van der Waals surface area contributed by atoms with E-state index in [0.29, 0.717) is 31.0 Å². The number of unbranched alkanes of at least 4 members (excludes halogenated alkanes) is 1. The first-order valence-corrected chi connectivity index (χ1v) is 14.7. The molecule has 0 radical (unpaired) electrons. The number of ether oxygens (including phenoxy) is 3. The standard InChI is InChI=1S/C33H39N3O6/c1-3-4-17-36(25-11-8-16-34-19-25)31(37)21-35-20-26(24-14-15-29-30(18-24)42-22-41-29)32(33(38)39)27(35)12-7-10-23-9-5-6-13-28(23)40-2/h5-6,8-9,11,13-16,18-19,26-27,32H,3-4,7,10,12,17,20-22H2,1-2H3,(H,38,39). The monoisotopic (exact) mass is 573 g/mol. The number of fused-ring (bicyclic) bond motifs is 1. The van der Waals surface area contributed by atoms with Crippen molar-refractivity contribution in [2.75, 3.05) is 38.4 Å². The van der Waals surface area contributed by atoms with Crippen LogP contribution in [-0.2, 0) is 16.0 Å². The van der Waals surface area contributed by atoms with E-state index in [2.05, 4.69) is 16.8 Å². The number of para-hydroxylation sites is 1. The maximum atomic E-state index is 13.9. The van der Waals surface area contributed by atoms with Gasteiger partial charge < -0.3 is 24.2 Å². The number of aliphatic carboxylic acids is 1. The van der Waals surface area contributed by atoms with Crippen molar-refractivity contribution in [3.63, 3.8) is 0 Å². The average molecular weight is 574 g/mol. The summed E-state index contributed by atoms with van der Waals surface area (Å²) < 4.78 is 16.6. The number of carboxylic acid groups (broad SMARTS) is 1. The van der Waals surface area contributed by atoms with Crippen molar-refractivity contribution in [3.05, 3.63) is 78.1 Å². The van der Waals surface area contributed by atoms with Crippen LogP contribution >= 0.6 is 0 Å². The number of likely N-dealkylation sites (tertiary alicyclic amines) is 1. The quantitative estimate of drug-likeness (QED) is 0.300. The number of benzene rings is 2. The molecular weight excluding hydrogens is 534 g/mol. The number of methoxy groups -OCH3 is 1. The Balaban J connectivity index is 1.41. The molecule has 1 aromatic heterocycles. The predicted octanol–water partition coefficient (Wildman–Crippen LogP) is 5.14. The topological polar surface area (TPSA) is 101 Å². The molecule has 9 heteroatoms. The Bertz CT molecular complexity index is 1370. The second-order valence-corrected chi connectivity index (χ2v) is 10.9. The van der Waals surface area contributed by atoms with Gasteiger partial charge in [0.1, 0.15) is 5.75 Å². The van der Waals surface area contributed by atoms with Crippen LogP contribution in [0.1, 0.15) is 49.7 Å². The first kappa shape index (κ1) is 29.4. The number of carboxylic acids is 1. The highest BCUT2D eigenvalue weighted by Crippen LogP contribution is 2.43. The molecule has 0 saturated carbocycles. The van der Waals surface area contributed by atoms with Crippen LogP contribution in [0, 0.1) is 5.92 Å². The number of rotatable bonds is 13. The number of aromatic nitrogens is 1. The van der Waals surface area contributed by atoms with E-state index >= 15 is 0 Å². The van der Waals surface area contributed by atoms with Crippen molar-refractivity contribution in [3.8, 4) is 17.2 Å². The van der Waals surface area contributed by atoms with Crippen LogP contribution in [0.15, 0.2) is 67.0 Å². The van der Waals surface area contributed by atoms with Crippen LogP contribution in [0.3, 0.4) is 0 Å². The third kappa shape index (κ3) is 6.51. The lowest BCUT2D eigenvalue weighted by Crippen LogP contribution is -2.44. The van der Waals surface area contributed by atoms with E-state index in [1.54, 1.807) is 24.4 Å². The van der Waals surface area contributed by atoms with Crippen LogP contribution in [-0.4, -0.2) is 66.4 Å². The molecule has 3 atom stereocenters. The molecule has 1 saturated heterocycles. The van der Waals surface area contributed by atoms with E-state index < -0.39 is 11.9 Å². The Morgan fingerprint density at radius 2 is 1.93 bits per heavy atom. The van der Waals surface area contributed by atoms with Gasteiger partial charge in [-0.3, -0.25) is 19.5 Å². The highest BCUT2D eigenvalue weighted by atomic mass is 16.7. The summed E-state index contributed by atoms with van der Waals surface area (Å²) in [6, 6.07) is 17.0. The molecule has 0 bridgehead atoms. The normalized spacial score (nSPS) is 19.5. The van der Waals surface area contributed by atoms with Crippen LogP contribution in [0.25, 0.3) is 0 Å². The molecule has 2 aliphatic rings. The van der Waals surface area contributed by atoms with Crippen LogP contribution in [0.2, 0.25) is 0 Å². The molecule has 2 aromatic carbocycles. The highest BCUT2D eigenvalue weighted by molar-refractivity contribution is 5.94. The van der Waals surface area contributed by atoms with E-state index in [9.17, 15) is 14.7 Å². The van der Waals surface area contributed by atoms with E-state index in [-0.39, 0.29) is 31.2 Å². The second-order valence-electron chi connectivity index (χ2n) is 10.9. The van der Waals surface area contributed by atoms with Crippen molar-refractivity contribution in [2.24, 2.45) is 5.92 Å². The van der Waals surface area contributed by atoms with E-state index in [0.717, 1.165) is 48.2 Å². The Hall–Kier alpha value is -4.11. The molecule has 3 aromatic rings. The van der Waals surface area contributed by atoms with Gasteiger partial charge in [0, 0.05) is 31.2 Å². The Kier molecular flexibility index (Phi) is 9.59. The van der Waals surface area contributed by atoms with Gasteiger partial charge in [0.15, 0.2) is 11.5 Å². The zero-order chi connectivity index (χ0) is 29.5. The molecule has 222 valence electrons. The average Bonchev–Trinajstić information content (AvgIpc) is 3.62. The minimum Gasteiger partial charge on any atom is -0.496 e. The number of amides is 1. The minimum absolute atomic E-state index is 0.0540. The number of anilines is 1. The van der Waals surface area contributed by atoms with Gasteiger partial charge in [-0.05, 0) is 67.1 Å². The number of aryl methyl sites for hydroxylation is 1. The zero-order valence-electron chi connectivity index (χ0n) is 24.3. The molecule has 1 fully saturated rings. The molecule has 0 aliphatic carbocycles. The highest BCUT2D eigenvalue weighted by Gasteiger charge is 2.47. The molecule has 0 spiro atoms. The smallest absolute Gasteiger partial charge is 0.308 e. The molecule has 2 aliphatic heterocycles. The SMILES string of the molecule is CCCCN(C(=O)CN1CC(c2ccc3c(c2)OCO3)C(C(=O)O)C1CCCc1ccccc1OC)c1cccnc1. The Morgan fingerprint density at radius 1 is 1.10 bits per heavy atom. The van der Waals surface area contributed by atoms with E-state index in [1.807, 2.05) is 54.6 Å². The van der Waals surface area contributed by atoms with Gasteiger partial charge in [-0.1, -0.05) is 37.6 Å². The lowest BCUT2D eigenvalue weighted by Gasteiger charge is -2.29. The van der Waals surface area contributed by atoms with Gasteiger partial charge in [-0.2, -0.15) is 0 Å². The first-order chi connectivity index (χ1) is 20.5. The number of hydrogen-bond donors (Lipinski definition) is 1. The van der Waals surface area contributed by atoms with Gasteiger partial charge in [-0.15, -0.1) is 0 Å². The summed E-state index contributed by atoms with van der Waals surface area (Å²) in [6.07, 6.45) is 7.35. The lowest BCUT2D eigenvalue weighted by atomic mass is 9.83. The van der Waals surface area contributed by atoms with Crippen LogP contribution < -0.4 is 19.1 Å². The number of carbonyl (C=O) groups excluding carboxylic acids is 1. The number of carbonyl (C=O) groups is 2. The maximum absolute atomic E-state index is 13.9. The van der Waals surface area contributed by atoms with Crippen molar-refractivity contribution in [1.29, 1.82) is 0 Å². The first-order valence-electron chi connectivity index (χ1n) is 14.7. The summed E-state index contributed by atoms with van der Waals surface area (Å²) in [5.41, 5.74) is 2.72. The van der Waals surface area contributed by atoms with Crippen molar-refractivity contribution in [1.82, 2.24) is 9.88 Å². The summed E-state index contributed by atoms with van der Waals surface area (Å²) >= 11 is 0. The largest absolute Gasteiger partial charge is 0.496 e. The zero-order valence-corrected chi connectivity index (χ0v) is 24.3. The number of hydrogen-bond acceptors (Lipinski definition) is 7. The summed E-state index contributed by atoms with van der Waals surface area (Å²) in [5.74, 6) is 0.216. The fourth-order valence-corrected chi connectivity index (χ4v) is 6.23. The maximum Gasteiger partial charge on any atom is 0.308 e. The van der Waals surface area contributed by atoms with Crippen LogP contribution in [0.5, 0.6) is 17.2 Å². The van der Waals surface area contributed by atoms with Crippen molar-refractivity contribution in [2.45, 2.75) is 51.0 Å². The number of pyridine rings is 1. The summed E-state index contributed by atoms with van der Waals surface area (Å²) in [5, 5.41) is 10.6. The molecule has 1 N–H and O–H groups in total. The van der Waals surface area contributed by atoms with Gasteiger partial charge in [0.2, 0.25) is 12.7 Å². The minimum atomic E-state index is -0.856.